The molecule has 0 bridgehead atoms. The van der Waals surface area contributed by atoms with Crippen LogP contribution in [0.5, 0.6) is 28.7 Å². The van der Waals surface area contributed by atoms with Crippen LogP contribution in [-0.4, -0.2) is 38.2 Å². The fourth-order valence-electron chi connectivity index (χ4n) is 5.37. The van der Waals surface area contributed by atoms with Gasteiger partial charge < -0.3 is 28.8 Å². The number of methoxy groups -OCH3 is 1. The molecule has 3 aromatic carbocycles. The third-order valence-corrected chi connectivity index (χ3v) is 7.35. The highest BCUT2D eigenvalue weighted by atomic mass is 16.7. The highest BCUT2D eigenvalue weighted by Crippen LogP contribution is 2.41. The van der Waals surface area contributed by atoms with Gasteiger partial charge >= 0.3 is 5.97 Å². The van der Waals surface area contributed by atoms with Gasteiger partial charge in [-0.1, -0.05) is 12.1 Å². The third kappa shape index (κ3) is 5.34. The van der Waals surface area contributed by atoms with Gasteiger partial charge in [0.05, 0.1) is 37.7 Å². The van der Waals surface area contributed by atoms with Crippen molar-refractivity contribution in [3.05, 3.63) is 71.9 Å². The molecule has 206 valence electrons. The molecule has 0 saturated heterocycles. The topological polar surface area (TPSA) is 87.3 Å². The largest absolute Gasteiger partial charge is 0.494 e. The quantitative estimate of drug-likeness (QED) is 0.202. The lowest BCUT2D eigenvalue weighted by molar-refractivity contribution is -0.686. The number of aryl methyl sites for hydroxylation is 2. The summed E-state index contributed by atoms with van der Waals surface area (Å²) in [5.74, 6) is 2.95. The molecule has 2 aliphatic heterocycles. The summed E-state index contributed by atoms with van der Waals surface area (Å²) >= 11 is 0. The predicted molar refractivity (Wildman–Crippen MR) is 149 cm³/mol. The monoisotopic (exact) mass is 542 g/mol. The molecule has 0 fully saturated rings. The number of nitrogens with zero attached hydrogens (tertiary/aromatic N) is 1. The highest BCUT2D eigenvalue weighted by Gasteiger charge is 2.28. The maximum absolute atomic E-state index is 10.9. The Morgan fingerprint density at radius 2 is 1.80 bits per heavy atom. The number of hydrogen-bond donors (Lipinski definition) is 1. The van der Waals surface area contributed by atoms with Crippen molar-refractivity contribution in [1.82, 2.24) is 0 Å². The van der Waals surface area contributed by atoms with Crippen LogP contribution in [0.2, 0.25) is 0 Å². The van der Waals surface area contributed by atoms with Crippen molar-refractivity contribution in [2.75, 3.05) is 27.1 Å². The van der Waals surface area contributed by atoms with Gasteiger partial charge in [0, 0.05) is 12.5 Å². The summed E-state index contributed by atoms with van der Waals surface area (Å²) in [6, 6.07) is 17.7. The van der Waals surface area contributed by atoms with Crippen LogP contribution in [0.1, 0.15) is 30.4 Å². The van der Waals surface area contributed by atoms with Crippen molar-refractivity contribution in [2.24, 2.45) is 0 Å². The number of ether oxygens (including phenoxy) is 5. The number of hydrogen-bond acceptors (Lipinski definition) is 6. The number of carbonyl (C=O) groups is 1. The van der Waals surface area contributed by atoms with Crippen molar-refractivity contribution in [3.63, 3.8) is 0 Å². The van der Waals surface area contributed by atoms with E-state index in [1.807, 2.05) is 18.2 Å². The Bertz CT molecular complexity index is 1570. The molecule has 0 amide bonds. The van der Waals surface area contributed by atoms with Crippen LogP contribution in [0.25, 0.3) is 22.0 Å². The predicted octanol–water partition coefficient (Wildman–Crippen LogP) is 5.34. The van der Waals surface area contributed by atoms with E-state index in [9.17, 15) is 4.79 Å². The van der Waals surface area contributed by atoms with Crippen molar-refractivity contribution < 1.29 is 38.2 Å². The first-order valence-corrected chi connectivity index (χ1v) is 13.6. The summed E-state index contributed by atoms with van der Waals surface area (Å²) in [5.41, 5.74) is 4.33. The minimum Gasteiger partial charge on any atom is -0.494 e. The van der Waals surface area contributed by atoms with Gasteiger partial charge in [-0.3, -0.25) is 4.79 Å². The Morgan fingerprint density at radius 3 is 2.62 bits per heavy atom. The molecule has 0 unspecified atom stereocenters. The molecule has 4 aromatic rings. The van der Waals surface area contributed by atoms with E-state index in [1.165, 1.54) is 11.1 Å². The second-order valence-corrected chi connectivity index (χ2v) is 10.0. The van der Waals surface area contributed by atoms with Crippen LogP contribution < -0.4 is 28.3 Å². The van der Waals surface area contributed by atoms with Crippen molar-refractivity contribution >= 4 is 16.7 Å². The number of aromatic nitrogens is 1. The van der Waals surface area contributed by atoms with Crippen LogP contribution in [0, 0.1) is 0 Å². The fourth-order valence-corrected chi connectivity index (χ4v) is 5.37. The lowest BCUT2D eigenvalue weighted by Crippen LogP contribution is -2.40. The van der Waals surface area contributed by atoms with Crippen molar-refractivity contribution in [1.29, 1.82) is 0 Å². The molecule has 6 rings (SSSR count). The summed E-state index contributed by atoms with van der Waals surface area (Å²) in [6.07, 6.45) is 5.77. The first-order valence-electron chi connectivity index (χ1n) is 13.6. The zero-order valence-electron chi connectivity index (χ0n) is 22.5. The normalized spacial score (nSPS) is 13.0. The summed E-state index contributed by atoms with van der Waals surface area (Å²) in [4.78, 5) is 10.9. The van der Waals surface area contributed by atoms with E-state index in [2.05, 4.69) is 35.0 Å². The minimum atomic E-state index is -0.850. The molecule has 0 spiro atoms. The molecule has 40 heavy (non-hydrogen) atoms. The molecule has 1 aromatic heterocycles. The van der Waals surface area contributed by atoms with Crippen LogP contribution in [0.4, 0.5) is 0 Å². The lowest BCUT2D eigenvalue weighted by atomic mass is 9.95. The SMILES string of the molecule is COc1ccc2cc3[n+](cc2c1OCCCCCOc1cccc(CC(=O)O)c1)CCc1cc2c(cc1-3)OCO2. The summed E-state index contributed by atoms with van der Waals surface area (Å²) in [5, 5.41) is 11.1. The number of unbranched alkanes of at least 4 members (excludes halogenated alkanes) is 2. The van der Waals surface area contributed by atoms with E-state index >= 15 is 0 Å². The second kappa shape index (κ2) is 11.3. The maximum Gasteiger partial charge on any atom is 0.307 e. The number of pyridine rings is 1. The molecule has 0 saturated carbocycles. The fraction of sp³-hybridized carbons (Fsp3) is 0.312. The number of aliphatic carboxylic acids is 1. The first-order chi connectivity index (χ1) is 19.6. The van der Waals surface area contributed by atoms with Crippen LogP contribution in [0.3, 0.4) is 0 Å². The summed E-state index contributed by atoms with van der Waals surface area (Å²) < 4.78 is 31.3. The molecule has 0 atom stereocenters. The number of carboxylic acids is 1. The molecule has 8 heteroatoms. The lowest BCUT2D eigenvalue weighted by Gasteiger charge is -2.18. The number of fused-ring (bicyclic) bond motifs is 5. The van der Waals surface area contributed by atoms with Gasteiger partial charge in [-0.2, -0.15) is 4.57 Å². The van der Waals surface area contributed by atoms with E-state index in [0.29, 0.717) is 19.0 Å². The van der Waals surface area contributed by atoms with E-state index in [1.54, 1.807) is 19.2 Å². The average Bonchev–Trinajstić information content (AvgIpc) is 3.42. The van der Waals surface area contributed by atoms with E-state index in [0.717, 1.165) is 77.3 Å². The van der Waals surface area contributed by atoms with Gasteiger partial charge in [-0.25, -0.2) is 0 Å². The molecular formula is C32H32NO7+. The van der Waals surface area contributed by atoms with Gasteiger partial charge in [0.1, 0.15) is 5.75 Å². The molecule has 0 aliphatic carbocycles. The van der Waals surface area contributed by atoms with Gasteiger partial charge in [-0.15, -0.1) is 0 Å². The summed E-state index contributed by atoms with van der Waals surface area (Å²) in [6.45, 7) is 2.27. The van der Waals surface area contributed by atoms with Gasteiger partial charge in [-0.05, 0) is 72.2 Å². The first kappa shape index (κ1) is 25.8. The number of benzene rings is 3. The molecular weight excluding hydrogens is 510 g/mol. The van der Waals surface area contributed by atoms with E-state index < -0.39 is 5.97 Å². The Morgan fingerprint density at radius 1 is 0.975 bits per heavy atom. The number of rotatable bonds is 11. The van der Waals surface area contributed by atoms with Crippen molar-refractivity contribution in [3.8, 4) is 40.0 Å². The Balaban J connectivity index is 1.10. The molecule has 2 aliphatic rings. The van der Waals surface area contributed by atoms with Gasteiger partial charge in [0.15, 0.2) is 35.7 Å². The Hall–Kier alpha value is -4.46. The Kier molecular flexibility index (Phi) is 7.31. The van der Waals surface area contributed by atoms with E-state index in [4.69, 9.17) is 28.8 Å². The zero-order chi connectivity index (χ0) is 27.5. The van der Waals surface area contributed by atoms with E-state index in [-0.39, 0.29) is 13.2 Å². The standard InChI is InChI=1S/C32H31NO7/c1-36-28-9-8-22-16-27-25-18-30-29(39-20-40-30)17-23(25)10-11-33(27)19-26(22)32(28)38-13-4-2-3-12-37-24-7-5-6-21(14-24)15-31(34)35/h5-9,14,16-19H,2-4,10-13,15,20H2,1H3/p+1. The highest BCUT2D eigenvalue weighted by molar-refractivity contribution is 5.91. The van der Waals surface area contributed by atoms with Crippen LogP contribution in [-0.2, 0) is 24.2 Å². The molecule has 0 radical (unpaired) electrons. The van der Waals surface area contributed by atoms with Gasteiger partial charge in [0.25, 0.3) is 0 Å². The zero-order valence-corrected chi connectivity index (χ0v) is 22.5. The number of carboxylic acid groups (broad SMARTS) is 1. The van der Waals surface area contributed by atoms with Crippen molar-refractivity contribution in [2.45, 2.75) is 38.6 Å². The maximum atomic E-state index is 10.9. The average molecular weight is 543 g/mol. The molecule has 8 nitrogen and oxygen atoms in total. The van der Waals surface area contributed by atoms with Crippen LogP contribution in [0.15, 0.2) is 60.8 Å². The second-order valence-electron chi connectivity index (χ2n) is 10.0. The van der Waals surface area contributed by atoms with Crippen LogP contribution >= 0.6 is 0 Å². The molecule has 3 heterocycles. The molecule has 1 N–H and O–H groups in total. The third-order valence-electron chi connectivity index (χ3n) is 7.35. The van der Waals surface area contributed by atoms with Gasteiger partial charge in [0.2, 0.25) is 12.5 Å². The Labute approximate surface area is 232 Å². The smallest absolute Gasteiger partial charge is 0.307 e. The minimum absolute atomic E-state index is 0.00701. The summed E-state index contributed by atoms with van der Waals surface area (Å²) in [7, 11) is 1.67.